The van der Waals surface area contributed by atoms with Gasteiger partial charge in [-0.25, -0.2) is 0 Å². The quantitative estimate of drug-likeness (QED) is 0.702. The van der Waals surface area contributed by atoms with Crippen molar-refractivity contribution in [1.29, 1.82) is 5.41 Å². The molecule has 0 spiro atoms. The molecule has 0 heterocycles. The van der Waals surface area contributed by atoms with Gasteiger partial charge in [0.15, 0.2) is 0 Å². The molecule has 5 nitrogen and oxygen atoms in total. The predicted octanol–water partition coefficient (Wildman–Crippen LogP) is 1.61. The van der Waals surface area contributed by atoms with Gasteiger partial charge in [0.1, 0.15) is 11.5 Å². The van der Waals surface area contributed by atoms with Gasteiger partial charge in [-0.1, -0.05) is 0 Å². The molecule has 5 heteroatoms. The first-order valence-electron chi connectivity index (χ1n) is 5.39. The van der Waals surface area contributed by atoms with Crippen LogP contribution in [-0.2, 0) is 0 Å². The van der Waals surface area contributed by atoms with Crippen molar-refractivity contribution >= 4 is 17.3 Å². The standard InChI is InChI=1S/C13H13N3O2/c14-8-1-3-9(4-2-8)18-10-5-6-12(15)11(7-10)13(16)17/h1,3-7,14H,2,15H2,(H2,16,17). The molecule has 1 amide bonds. The number of anilines is 1. The van der Waals surface area contributed by atoms with Gasteiger partial charge in [0, 0.05) is 17.8 Å². The minimum Gasteiger partial charge on any atom is -0.458 e. The summed E-state index contributed by atoms with van der Waals surface area (Å²) in [5.41, 5.74) is 11.9. The lowest BCUT2D eigenvalue weighted by Crippen LogP contribution is -2.13. The molecule has 0 saturated heterocycles. The van der Waals surface area contributed by atoms with Crippen LogP contribution in [0.15, 0.2) is 42.2 Å². The number of amides is 1. The highest BCUT2D eigenvalue weighted by Crippen LogP contribution is 2.22. The molecule has 0 fully saturated rings. The van der Waals surface area contributed by atoms with Gasteiger partial charge in [-0.2, -0.15) is 0 Å². The average molecular weight is 243 g/mol. The number of carbonyl (C=O) groups excluding carboxylic acids is 1. The van der Waals surface area contributed by atoms with E-state index in [0.29, 0.717) is 29.3 Å². The van der Waals surface area contributed by atoms with E-state index in [0.717, 1.165) is 0 Å². The number of nitrogens with one attached hydrogen (secondary N) is 1. The second kappa shape index (κ2) is 4.75. The zero-order valence-electron chi connectivity index (χ0n) is 9.64. The van der Waals surface area contributed by atoms with Gasteiger partial charge >= 0.3 is 0 Å². The molecule has 18 heavy (non-hydrogen) atoms. The highest BCUT2D eigenvalue weighted by atomic mass is 16.5. The molecular weight excluding hydrogens is 230 g/mol. The second-order valence-corrected chi connectivity index (χ2v) is 3.88. The average Bonchev–Trinajstić information content (AvgIpc) is 2.34. The molecule has 5 N–H and O–H groups in total. The number of hydrogen-bond donors (Lipinski definition) is 3. The number of ether oxygens (including phenoxy) is 1. The fraction of sp³-hybridized carbons (Fsp3) is 0.0769. The van der Waals surface area contributed by atoms with Gasteiger partial charge in [0.25, 0.3) is 5.91 Å². The number of carbonyl (C=O) groups is 1. The van der Waals surface area contributed by atoms with E-state index in [4.69, 9.17) is 21.6 Å². The van der Waals surface area contributed by atoms with E-state index in [2.05, 4.69) is 0 Å². The smallest absolute Gasteiger partial charge is 0.250 e. The lowest BCUT2D eigenvalue weighted by atomic mass is 10.1. The van der Waals surface area contributed by atoms with Crippen LogP contribution in [0, 0.1) is 5.41 Å². The van der Waals surface area contributed by atoms with Crippen LogP contribution in [-0.4, -0.2) is 11.6 Å². The zero-order chi connectivity index (χ0) is 13.1. The van der Waals surface area contributed by atoms with Crippen LogP contribution in [0.4, 0.5) is 5.69 Å². The largest absolute Gasteiger partial charge is 0.458 e. The molecule has 0 aliphatic heterocycles. The second-order valence-electron chi connectivity index (χ2n) is 3.88. The fourth-order valence-electron chi connectivity index (χ4n) is 1.55. The Hall–Kier alpha value is -2.56. The van der Waals surface area contributed by atoms with E-state index in [1.807, 2.05) is 0 Å². The molecule has 0 saturated carbocycles. The van der Waals surface area contributed by atoms with Crippen molar-refractivity contribution in [2.45, 2.75) is 6.42 Å². The summed E-state index contributed by atoms with van der Waals surface area (Å²) in [7, 11) is 0. The first-order chi connectivity index (χ1) is 8.56. The Morgan fingerprint density at radius 2 is 2.11 bits per heavy atom. The molecule has 0 unspecified atom stereocenters. The molecule has 1 aromatic carbocycles. The Balaban J connectivity index is 2.20. The number of allylic oxidation sites excluding steroid dienone is 3. The Morgan fingerprint density at radius 1 is 1.33 bits per heavy atom. The zero-order valence-corrected chi connectivity index (χ0v) is 9.64. The van der Waals surface area contributed by atoms with Crippen LogP contribution >= 0.6 is 0 Å². The van der Waals surface area contributed by atoms with Crippen LogP contribution in [0.25, 0.3) is 0 Å². The molecule has 0 aromatic heterocycles. The summed E-state index contributed by atoms with van der Waals surface area (Å²) in [6.45, 7) is 0. The molecular formula is C13H13N3O2. The van der Waals surface area contributed by atoms with E-state index in [1.165, 1.54) is 6.07 Å². The van der Waals surface area contributed by atoms with E-state index in [-0.39, 0.29) is 5.56 Å². The SMILES string of the molecule is N=C1C=CC(Oc2ccc(N)c(C(N)=O)c2)=CC1. The maximum absolute atomic E-state index is 11.1. The van der Waals surface area contributed by atoms with Crippen molar-refractivity contribution in [3.8, 4) is 5.75 Å². The van der Waals surface area contributed by atoms with Gasteiger partial charge in [-0.05, 0) is 36.4 Å². The van der Waals surface area contributed by atoms with Crippen molar-refractivity contribution in [1.82, 2.24) is 0 Å². The van der Waals surface area contributed by atoms with E-state index >= 15 is 0 Å². The van der Waals surface area contributed by atoms with Gasteiger partial charge in [-0.15, -0.1) is 0 Å². The van der Waals surface area contributed by atoms with Gasteiger partial charge in [0.05, 0.1) is 5.56 Å². The number of primary amides is 1. The molecule has 0 atom stereocenters. The number of benzene rings is 1. The van der Waals surface area contributed by atoms with E-state index in [9.17, 15) is 4.79 Å². The van der Waals surface area contributed by atoms with E-state index < -0.39 is 5.91 Å². The van der Waals surface area contributed by atoms with Gasteiger partial charge < -0.3 is 21.6 Å². The van der Waals surface area contributed by atoms with Crippen LogP contribution in [0.1, 0.15) is 16.8 Å². The lowest BCUT2D eigenvalue weighted by Gasteiger charge is -2.11. The van der Waals surface area contributed by atoms with Crippen LogP contribution in [0.5, 0.6) is 5.75 Å². The Bertz CT molecular complexity index is 574. The predicted molar refractivity (Wildman–Crippen MR) is 69.6 cm³/mol. The summed E-state index contributed by atoms with van der Waals surface area (Å²) in [4.78, 5) is 11.1. The molecule has 92 valence electrons. The Labute approximate surface area is 104 Å². The van der Waals surface area contributed by atoms with Gasteiger partial charge in [0.2, 0.25) is 0 Å². The highest BCUT2D eigenvalue weighted by Gasteiger charge is 2.09. The normalized spacial score (nSPS) is 14.2. The lowest BCUT2D eigenvalue weighted by molar-refractivity contribution is 0.100. The van der Waals surface area contributed by atoms with Crippen molar-refractivity contribution in [2.75, 3.05) is 5.73 Å². The number of nitrogen functional groups attached to an aromatic ring is 1. The first-order valence-corrected chi connectivity index (χ1v) is 5.39. The number of nitrogens with two attached hydrogens (primary N) is 2. The summed E-state index contributed by atoms with van der Waals surface area (Å²) >= 11 is 0. The van der Waals surface area contributed by atoms with E-state index in [1.54, 1.807) is 30.4 Å². The first kappa shape index (κ1) is 11.9. The molecule has 2 rings (SSSR count). The van der Waals surface area contributed by atoms with Crippen molar-refractivity contribution < 1.29 is 9.53 Å². The summed E-state index contributed by atoms with van der Waals surface area (Å²) in [6.07, 6.45) is 5.69. The highest BCUT2D eigenvalue weighted by molar-refractivity contribution is 5.98. The van der Waals surface area contributed by atoms with Crippen LogP contribution in [0.2, 0.25) is 0 Å². The molecule has 0 radical (unpaired) electrons. The van der Waals surface area contributed by atoms with Crippen LogP contribution < -0.4 is 16.2 Å². The third-order valence-corrected chi connectivity index (χ3v) is 2.50. The number of hydrogen-bond acceptors (Lipinski definition) is 4. The van der Waals surface area contributed by atoms with Crippen LogP contribution in [0.3, 0.4) is 0 Å². The molecule has 1 aliphatic rings. The third-order valence-electron chi connectivity index (χ3n) is 2.50. The summed E-state index contributed by atoms with van der Waals surface area (Å²) in [5, 5.41) is 7.41. The van der Waals surface area contributed by atoms with Crippen molar-refractivity contribution in [2.24, 2.45) is 5.73 Å². The molecule has 1 aliphatic carbocycles. The topological polar surface area (TPSA) is 102 Å². The fourth-order valence-corrected chi connectivity index (χ4v) is 1.55. The Morgan fingerprint density at radius 3 is 2.72 bits per heavy atom. The van der Waals surface area contributed by atoms with Crippen molar-refractivity contribution in [3.05, 3.63) is 47.7 Å². The van der Waals surface area contributed by atoms with Gasteiger partial charge in [-0.3, -0.25) is 4.79 Å². The monoisotopic (exact) mass is 243 g/mol. The number of rotatable bonds is 3. The Kier molecular flexibility index (Phi) is 3.14. The maximum Gasteiger partial charge on any atom is 0.250 e. The van der Waals surface area contributed by atoms with Crippen molar-refractivity contribution in [3.63, 3.8) is 0 Å². The summed E-state index contributed by atoms with van der Waals surface area (Å²) in [5.74, 6) is 0.529. The molecule has 0 bridgehead atoms. The third kappa shape index (κ3) is 2.57. The summed E-state index contributed by atoms with van der Waals surface area (Å²) in [6, 6.07) is 4.74. The minimum atomic E-state index is -0.590. The minimum absolute atomic E-state index is 0.237. The summed E-state index contributed by atoms with van der Waals surface area (Å²) < 4.78 is 5.56. The maximum atomic E-state index is 11.1. The molecule has 1 aromatic rings.